The van der Waals surface area contributed by atoms with Crippen LogP contribution in [0.2, 0.25) is 10.0 Å². The number of amides is 1. The zero-order valence-corrected chi connectivity index (χ0v) is 10.4. The van der Waals surface area contributed by atoms with E-state index in [-0.39, 0.29) is 10.7 Å². The normalized spacial score (nSPS) is 12.3. The van der Waals surface area contributed by atoms with Crippen molar-refractivity contribution in [1.82, 2.24) is 0 Å². The van der Waals surface area contributed by atoms with Crippen LogP contribution in [0.4, 0.5) is 5.69 Å². The molecule has 0 heterocycles. The van der Waals surface area contributed by atoms with E-state index in [1.54, 1.807) is 25.1 Å². The summed E-state index contributed by atoms with van der Waals surface area (Å²) in [5.41, 5.74) is 0.524. The number of hydrogen-bond donors (Lipinski definition) is 1. The third kappa shape index (κ3) is 3.15. The zero-order chi connectivity index (χ0) is 10.7. The summed E-state index contributed by atoms with van der Waals surface area (Å²) in [6.45, 7) is 1.73. The lowest BCUT2D eigenvalue weighted by atomic mass is 10.3. The second-order valence-corrected chi connectivity index (χ2v) is 4.95. The van der Waals surface area contributed by atoms with Crippen LogP contribution in [-0.4, -0.2) is 10.7 Å². The number of nitrogens with one attached hydrogen (secondary N) is 1. The molecular formula is C9H8BrCl2NO. The molecule has 1 amide bonds. The lowest BCUT2D eigenvalue weighted by Gasteiger charge is -2.08. The van der Waals surface area contributed by atoms with Gasteiger partial charge in [0.25, 0.3) is 0 Å². The number of carbonyl (C=O) groups excluding carboxylic acids is 1. The molecule has 1 atom stereocenters. The van der Waals surface area contributed by atoms with Gasteiger partial charge in [0, 0.05) is 5.02 Å². The van der Waals surface area contributed by atoms with Gasteiger partial charge in [-0.1, -0.05) is 39.1 Å². The Kier molecular flexibility index (Phi) is 4.23. The third-order valence-corrected chi connectivity index (χ3v) is 2.53. The van der Waals surface area contributed by atoms with Crippen LogP contribution >= 0.6 is 39.1 Å². The molecule has 0 aliphatic heterocycles. The summed E-state index contributed by atoms with van der Waals surface area (Å²) in [6, 6.07) is 4.91. The first-order valence-corrected chi connectivity index (χ1v) is 5.58. The van der Waals surface area contributed by atoms with Gasteiger partial charge in [0.2, 0.25) is 5.91 Å². The average Bonchev–Trinajstić information content (AvgIpc) is 2.11. The van der Waals surface area contributed by atoms with Crippen LogP contribution in [-0.2, 0) is 4.79 Å². The number of hydrogen-bond acceptors (Lipinski definition) is 1. The predicted molar refractivity (Wildman–Crippen MR) is 63.5 cm³/mol. The molecule has 5 heteroatoms. The maximum atomic E-state index is 11.3. The van der Waals surface area contributed by atoms with Crippen LogP contribution in [0.1, 0.15) is 6.92 Å². The highest BCUT2D eigenvalue weighted by Crippen LogP contribution is 2.25. The van der Waals surface area contributed by atoms with Gasteiger partial charge in [-0.25, -0.2) is 0 Å². The summed E-state index contributed by atoms with van der Waals surface area (Å²) in [6.07, 6.45) is 0. The zero-order valence-electron chi connectivity index (χ0n) is 7.35. The lowest BCUT2D eigenvalue weighted by Crippen LogP contribution is -2.20. The minimum Gasteiger partial charge on any atom is -0.324 e. The molecule has 1 N–H and O–H groups in total. The van der Waals surface area contributed by atoms with Crippen molar-refractivity contribution in [2.45, 2.75) is 11.8 Å². The minimum atomic E-state index is -0.266. The van der Waals surface area contributed by atoms with Crippen molar-refractivity contribution in [3.63, 3.8) is 0 Å². The van der Waals surface area contributed by atoms with E-state index in [0.717, 1.165) is 0 Å². The molecule has 0 aliphatic carbocycles. The molecule has 1 aromatic carbocycles. The van der Waals surface area contributed by atoms with E-state index in [4.69, 9.17) is 23.2 Å². The third-order valence-electron chi connectivity index (χ3n) is 1.55. The number of alkyl halides is 1. The topological polar surface area (TPSA) is 29.1 Å². The maximum Gasteiger partial charge on any atom is 0.237 e. The average molecular weight is 297 g/mol. The van der Waals surface area contributed by atoms with Gasteiger partial charge in [-0.15, -0.1) is 0 Å². The fourth-order valence-electron chi connectivity index (χ4n) is 0.825. The molecule has 0 bridgehead atoms. The molecule has 0 saturated carbocycles. The maximum absolute atomic E-state index is 11.3. The summed E-state index contributed by atoms with van der Waals surface area (Å²) < 4.78 is 0. The highest BCUT2D eigenvalue weighted by Gasteiger charge is 2.10. The van der Waals surface area contributed by atoms with E-state index in [1.165, 1.54) is 0 Å². The molecule has 0 radical (unpaired) electrons. The second-order valence-electron chi connectivity index (χ2n) is 2.73. The van der Waals surface area contributed by atoms with Crippen LogP contribution in [0.15, 0.2) is 18.2 Å². The van der Waals surface area contributed by atoms with E-state index in [1.807, 2.05) is 0 Å². The Balaban J connectivity index is 2.86. The summed E-state index contributed by atoms with van der Waals surface area (Å²) in [5, 5.41) is 3.65. The Morgan fingerprint density at radius 2 is 2.14 bits per heavy atom. The first-order chi connectivity index (χ1) is 6.50. The van der Waals surface area contributed by atoms with Gasteiger partial charge < -0.3 is 5.32 Å². The SMILES string of the molecule is C[C@H](Br)C(=O)Nc1cc(Cl)ccc1Cl. The van der Waals surface area contributed by atoms with E-state index < -0.39 is 0 Å². The highest BCUT2D eigenvalue weighted by atomic mass is 79.9. The molecule has 76 valence electrons. The number of benzene rings is 1. The Labute approximate surface area is 101 Å². The van der Waals surface area contributed by atoms with E-state index >= 15 is 0 Å². The minimum absolute atomic E-state index is 0.158. The molecular weight excluding hydrogens is 289 g/mol. The largest absolute Gasteiger partial charge is 0.324 e. The van der Waals surface area contributed by atoms with Crippen molar-refractivity contribution in [3.8, 4) is 0 Å². The van der Waals surface area contributed by atoms with Gasteiger partial charge in [0.05, 0.1) is 15.5 Å². The van der Waals surface area contributed by atoms with Crippen LogP contribution in [0.5, 0.6) is 0 Å². The Bertz CT molecular complexity index is 355. The Hall–Kier alpha value is -0.250. The monoisotopic (exact) mass is 295 g/mol. The molecule has 1 aromatic rings. The van der Waals surface area contributed by atoms with Crippen LogP contribution < -0.4 is 5.32 Å². The highest BCUT2D eigenvalue weighted by molar-refractivity contribution is 9.10. The smallest absolute Gasteiger partial charge is 0.237 e. The van der Waals surface area contributed by atoms with Crippen molar-refractivity contribution in [2.75, 3.05) is 5.32 Å². The van der Waals surface area contributed by atoms with Crippen molar-refractivity contribution < 1.29 is 4.79 Å². The van der Waals surface area contributed by atoms with E-state index in [0.29, 0.717) is 15.7 Å². The molecule has 14 heavy (non-hydrogen) atoms. The predicted octanol–water partition coefficient (Wildman–Crippen LogP) is 3.72. The molecule has 0 saturated heterocycles. The van der Waals surface area contributed by atoms with E-state index in [2.05, 4.69) is 21.2 Å². The van der Waals surface area contributed by atoms with Gasteiger partial charge in [-0.2, -0.15) is 0 Å². The lowest BCUT2D eigenvalue weighted by molar-refractivity contribution is -0.115. The molecule has 2 nitrogen and oxygen atoms in total. The van der Waals surface area contributed by atoms with Crippen molar-refractivity contribution >= 4 is 50.7 Å². The van der Waals surface area contributed by atoms with Gasteiger partial charge in [-0.05, 0) is 25.1 Å². The van der Waals surface area contributed by atoms with Crippen LogP contribution in [0, 0.1) is 0 Å². The molecule has 0 unspecified atom stereocenters. The van der Waals surface area contributed by atoms with Crippen molar-refractivity contribution in [1.29, 1.82) is 0 Å². The number of carbonyl (C=O) groups is 1. The summed E-state index contributed by atoms with van der Waals surface area (Å²) in [4.78, 5) is 11.0. The standard InChI is InChI=1S/C9H8BrCl2NO/c1-5(10)9(14)13-8-4-6(11)2-3-7(8)12/h2-5H,1H3,(H,13,14)/t5-/m0/s1. The van der Waals surface area contributed by atoms with Gasteiger partial charge in [0.1, 0.15) is 0 Å². The van der Waals surface area contributed by atoms with E-state index in [9.17, 15) is 4.79 Å². The molecule has 0 aromatic heterocycles. The van der Waals surface area contributed by atoms with Crippen LogP contribution in [0.3, 0.4) is 0 Å². The van der Waals surface area contributed by atoms with Gasteiger partial charge >= 0.3 is 0 Å². The fourth-order valence-corrected chi connectivity index (χ4v) is 1.28. The number of rotatable bonds is 2. The van der Waals surface area contributed by atoms with Crippen molar-refractivity contribution in [3.05, 3.63) is 28.2 Å². The number of anilines is 1. The van der Waals surface area contributed by atoms with Gasteiger partial charge in [0.15, 0.2) is 0 Å². The number of halogens is 3. The molecule has 0 spiro atoms. The van der Waals surface area contributed by atoms with Crippen LogP contribution in [0.25, 0.3) is 0 Å². The Morgan fingerprint density at radius 3 is 2.71 bits per heavy atom. The summed E-state index contributed by atoms with van der Waals surface area (Å²) in [7, 11) is 0. The first kappa shape index (κ1) is 11.8. The quantitative estimate of drug-likeness (QED) is 0.828. The molecule has 0 aliphatic rings. The van der Waals surface area contributed by atoms with Gasteiger partial charge in [-0.3, -0.25) is 4.79 Å². The fraction of sp³-hybridized carbons (Fsp3) is 0.222. The first-order valence-electron chi connectivity index (χ1n) is 3.90. The second kappa shape index (κ2) is 5.01. The summed E-state index contributed by atoms with van der Waals surface area (Å²) >= 11 is 14.8. The molecule has 0 fully saturated rings. The molecule has 1 rings (SSSR count). The Morgan fingerprint density at radius 1 is 1.50 bits per heavy atom. The van der Waals surface area contributed by atoms with Crippen molar-refractivity contribution in [2.24, 2.45) is 0 Å². The summed E-state index contributed by atoms with van der Waals surface area (Å²) in [5.74, 6) is -0.158.